The summed E-state index contributed by atoms with van der Waals surface area (Å²) in [4.78, 5) is 0.408. The minimum atomic E-state index is -3.17. The third kappa shape index (κ3) is 3.20. The third-order valence-corrected chi connectivity index (χ3v) is 4.36. The molecule has 0 aliphatic heterocycles. The highest BCUT2D eigenvalue weighted by Crippen LogP contribution is 2.16. The van der Waals surface area contributed by atoms with E-state index >= 15 is 0 Å². The summed E-state index contributed by atoms with van der Waals surface area (Å²) in [5.41, 5.74) is 2.03. The summed E-state index contributed by atoms with van der Waals surface area (Å²) in [7, 11) is -3.17. The molecule has 0 atom stereocenters. The first-order valence-corrected chi connectivity index (χ1v) is 7.08. The minimum Gasteiger partial charge on any atom is -0.223 e. The number of benzene rings is 1. The molecule has 16 heavy (non-hydrogen) atoms. The Morgan fingerprint density at radius 3 is 2.25 bits per heavy atom. The van der Waals surface area contributed by atoms with Crippen LogP contribution in [-0.4, -0.2) is 14.2 Å². The second-order valence-corrected chi connectivity index (χ2v) is 5.86. The zero-order valence-corrected chi connectivity index (χ0v) is 10.8. The molecule has 0 aliphatic carbocycles. The van der Waals surface area contributed by atoms with E-state index < -0.39 is 9.84 Å². The van der Waals surface area contributed by atoms with Crippen molar-refractivity contribution in [2.45, 2.75) is 32.1 Å². The lowest BCUT2D eigenvalue weighted by Crippen LogP contribution is -2.08. The highest BCUT2D eigenvalue weighted by Gasteiger charge is 2.15. The monoisotopic (exact) mass is 238 g/mol. The van der Waals surface area contributed by atoms with Crippen molar-refractivity contribution in [1.29, 1.82) is 0 Å². The number of aryl methyl sites for hydroxylation is 1. The first-order chi connectivity index (χ1) is 7.49. The van der Waals surface area contributed by atoms with Crippen molar-refractivity contribution >= 4 is 9.84 Å². The third-order valence-electron chi connectivity index (χ3n) is 2.62. The van der Waals surface area contributed by atoms with Crippen LogP contribution in [0.4, 0.5) is 0 Å². The first-order valence-electron chi connectivity index (χ1n) is 5.43. The van der Waals surface area contributed by atoms with Crippen molar-refractivity contribution < 1.29 is 8.42 Å². The number of rotatable bonds is 4. The summed E-state index contributed by atoms with van der Waals surface area (Å²) in [6.07, 6.45) is 2.66. The molecule has 1 aromatic rings. The van der Waals surface area contributed by atoms with Gasteiger partial charge in [0.1, 0.15) is 0 Å². The highest BCUT2D eigenvalue weighted by molar-refractivity contribution is 7.91. The van der Waals surface area contributed by atoms with Crippen LogP contribution in [0.1, 0.15) is 25.8 Å². The largest absolute Gasteiger partial charge is 0.223 e. The average Bonchev–Trinajstić information content (AvgIpc) is 2.26. The van der Waals surface area contributed by atoms with Crippen LogP contribution in [0.5, 0.6) is 0 Å². The van der Waals surface area contributed by atoms with Gasteiger partial charge in [-0.25, -0.2) is 8.42 Å². The molecule has 0 amide bonds. The van der Waals surface area contributed by atoms with Gasteiger partial charge < -0.3 is 0 Å². The van der Waals surface area contributed by atoms with Crippen molar-refractivity contribution in [2.75, 3.05) is 5.75 Å². The summed E-state index contributed by atoms with van der Waals surface area (Å²) >= 11 is 0. The van der Waals surface area contributed by atoms with Crippen LogP contribution in [0.15, 0.2) is 40.8 Å². The SMILES string of the molecule is C/C=C(/CC)CS(=O)(=O)c1ccc(C)cc1. The Bertz CT molecular complexity index is 467. The quantitative estimate of drug-likeness (QED) is 0.755. The van der Waals surface area contributed by atoms with Crippen LogP contribution in [0.2, 0.25) is 0 Å². The molecule has 2 nitrogen and oxygen atoms in total. The summed E-state index contributed by atoms with van der Waals surface area (Å²) in [5, 5.41) is 0. The minimum absolute atomic E-state index is 0.128. The Kier molecular flexibility index (Phi) is 4.30. The van der Waals surface area contributed by atoms with Gasteiger partial charge in [0.05, 0.1) is 10.6 Å². The molecule has 0 N–H and O–H groups in total. The van der Waals surface area contributed by atoms with Gasteiger partial charge in [-0.1, -0.05) is 36.3 Å². The van der Waals surface area contributed by atoms with E-state index in [1.807, 2.05) is 39.0 Å². The van der Waals surface area contributed by atoms with Crippen molar-refractivity contribution in [1.82, 2.24) is 0 Å². The molecule has 0 saturated carbocycles. The summed E-state index contributed by atoms with van der Waals surface area (Å²) in [6, 6.07) is 7.00. The molecule has 0 aromatic heterocycles. The van der Waals surface area contributed by atoms with Crippen LogP contribution in [-0.2, 0) is 9.84 Å². The van der Waals surface area contributed by atoms with E-state index in [1.54, 1.807) is 12.1 Å². The molecule has 0 heterocycles. The van der Waals surface area contributed by atoms with Crippen LogP contribution in [0.3, 0.4) is 0 Å². The summed E-state index contributed by atoms with van der Waals surface area (Å²) in [6.45, 7) is 5.79. The lowest BCUT2D eigenvalue weighted by atomic mass is 10.2. The second-order valence-electron chi connectivity index (χ2n) is 3.87. The summed E-state index contributed by atoms with van der Waals surface area (Å²) < 4.78 is 24.1. The van der Waals surface area contributed by atoms with Crippen molar-refractivity contribution in [3.63, 3.8) is 0 Å². The van der Waals surface area contributed by atoms with E-state index in [4.69, 9.17) is 0 Å². The first kappa shape index (κ1) is 13.0. The Labute approximate surface area is 97.9 Å². The topological polar surface area (TPSA) is 34.1 Å². The van der Waals surface area contributed by atoms with E-state index in [1.165, 1.54) is 0 Å². The van der Waals surface area contributed by atoms with Crippen LogP contribution in [0.25, 0.3) is 0 Å². The van der Waals surface area contributed by atoms with E-state index in [9.17, 15) is 8.42 Å². The number of sulfone groups is 1. The molecule has 3 heteroatoms. The molecular weight excluding hydrogens is 220 g/mol. The fourth-order valence-corrected chi connectivity index (χ4v) is 3.04. The molecule has 0 radical (unpaired) electrons. The fourth-order valence-electron chi connectivity index (χ4n) is 1.46. The molecule has 1 rings (SSSR count). The molecule has 0 bridgehead atoms. The lowest BCUT2D eigenvalue weighted by Gasteiger charge is -2.06. The second kappa shape index (κ2) is 5.30. The molecule has 0 unspecified atom stereocenters. The van der Waals surface area contributed by atoms with E-state index in [-0.39, 0.29) is 5.75 Å². The van der Waals surface area contributed by atoms with E-state index in [0.29, 0.717) is 4.90 Å². The lowest BCUT2D eigenvalue weighted by molar-refractivity contribution is 0.597. The maximum atomic E-state index is 12.0. The molecule has 0 aliphatic rings. The predicted octanol–water partition coefficient (Wildman–Crippen LogP) is 3.13. The molecule has 1 aromatic carbocycles. The normalized spacial score (nSPS) is 12.8. The van der Waals surface area contributed by atoms with Gasteiger partial charge in [-0.2, -0.15) is 0 Å². The number of allylic oxidation sites excluding steroid dienone is 1. The zero-order valence-electron chi connectivity index (χ0n) is 10.0. The predicted molar refractivity (Wildman–Crippen MR) is 67.3 cm³/mol. The van der Waals surface area contributed by atoms with Crippen LogP contribution in [0, 0.1) is 6.92 Å². The molecule has 0 spiro atoms. The standard InChI is InChI=1S/C13H18O2S/c1-4-12(5-2)10-16(14,15)13-8-6-11(3)7-9-13/h4,6-9H,5,10H2,1-3H3/b12-4-. The highest BCUT2D eigenvalue weighted by atomic mass is 32.2. The fraction of sp³-hybridized carbons (Fsp3) is 0.385. The van der Waals surface area contributed by atoms with Gasteiger partial charge in [0, 0.05) is 0 Å². The molecule has 0 saturated heterocycles. The Balaban J connectivity index is 2.99. The average molecular weight is 238 g/mol. The molecular formula is C13H18O2S. The van der Waals surface area contributed by atoms with Gasteiger partial charge in [-0.3, -0.25) is 0 Å². The van der Waals surface area contributed by atoms with Crippen LogP contribution < -0.4 is 0 Å². The van der Waals surface area contributed by atoms with Gasteiger partial charge in [0.2, 0.25) is 0 Å². The number of hydrogen-bond donors (Lipinski definition) is 0. The van der Waals surface area contributed by atoms with Crippen LogP contribution >= 0.6 is 0 Å². The molecule has 88 valence electrons. The Morgan fingerprint density at radius 2 is 1.81 bits per heavy atom. The van der Waals surface area contributed by atoms with Gasteiger partial charge >= 0.3 is 0 Å². The maximum Gasteiger partial charge on any atom is 0.182 e. The Morgan fingerprint density at radius 1 is 1.25 bits per heavy atom. The molecule has 0 fully saturated rings. The summed E-state index contributed by atoms with van der Waals surface area (Å²) in [5.74, 6) is 0.128. The van der Waals surface area contributed by atoms with Crippen molar-refractivity contribution in [2.24, 2.45) is 0 Å². The van der Waals surface area contributed by atoms with Crippen molar-refractivity contribution in [3.8, 4) is 0 Å². The van der Waals surface area contributed by atoms with Gasteiger partial charge in [0.25, 0.3) is 0 Å². The van der Waals surface area contributed by atoms with Gasteiger partial charge in [-0.15, -0.1) is 0 Å². The number of hydrogen-bond acceptors (Lipinski definition) is 2. The van der Waals surface area contributed by atoms with Gasteiger partial charge in [-0.05, 0) is 32.4 Å². The zero-order chi connectivity index (χ0) is 12.2. The Hall–Kier alpha value is -1.09. The van der Waals surface area contributed by atoms with E-state index in [0.717, 1.165) is 17.6 Å². The van der Waals surface area contributed by atoms with Gasteiger partial charge in [0.15, 0.2) is 9.84 Å². The van der Waals surface area contributed by atoms with E-state index in [2.05, 4.69) is 0 Å². The smallest absolute Gasteiger partial charge is 0.182 e. The van der Waals surface area contributed by atoms with Crippen molar-refractivity contribution in [3.05, 3.63) is 41.5 Å². The maximum absolute atomic E-state index is 12.0.